The summed E-state index contributed by atoms with van der Waals surface area (Å²) in [6.07, 6.45) is 6.22. The number of hydrogen-bond acceptors (Lipinski definition) is 3. The van der Waals surface area contributed by atoms with Gasteiger partial charge in [-0.15, -0.1) is 0 Å². The van der Waals surface area contributed by atoms with Crippen molar-refractivity contribution in [2.24, 2.45) is 0 Å². The van der Waals surface area contributed by atoms with E-state index in [0.717, 1.165) is 19.5 Å². The van der Waals surface area contributed by atoms with Crippen LogP contribution in [-0.2, 0) is 0 Å². The molecule has 1 aromatic rings. The number of piperazine rings is 1. The van der Waals surface area contributed by atoms with Crippen LogP contribution in [0.5, 0.6) is 0 Å². The fourth-order valence-corrected chi connectivity index (χ4v) is 3.15. The zero-order valence-electron chi connectivity index (χ0n) is 10.3. The molecule has 3 heteroatoms. The van der Waals surface area contributed by atoms with Crippen LogP contribution in [0.4, 0.5) is 0 Å². The first-order valence-electron chi connectivity index (χ1n) is 6.35. The maximum absolute atomic E-state index is 4.18. The minimum atomic E-state index is 0.436. The normalized spacial score (nSPS) is 28.3. The predicted octanol–water partition coefficient (Wildman–Crippen LogP) is 2.01. The summed E-state index contributed by atoms with van der Waals surface area (Å²) >= 11 is 0. The van der Waals surface area contributed by atoms with Crippen molar-refractivity contribution in [1.29, 1.82) is 0 Å². The van der Waals surface area contributed by atoms with Crippen LogP contribution < -0.4 is 5.32 Å². The largest absolute Gasteiger partial charge is 0.369 e. The Morgan fingerprint density at radius 3 is 3.24 bits per heavy atom. The lowest BCUT2D eigenvalue weighted by molar-refractivity contribution is 0.189. The molecule has 0 amide bonds. The molecular weight excluding hydrogens is 210 g/mol. The van der Waals surface area contributed by atoms with E-state index < -0.39 is 0 Å². The Hall–Kier alpha value is -1.35. The second-order valence-corrected chi connectivity index (χ2v) is 5.03. The lowest BCUT2D eigenvalue weighted by atomic mass is 9.93. The molecule has 0 bridgehead atoms. The van der Waals surface area contributed by atoms with Gasteiger partial charge in [0.25, 0.3) is 0 Å². The molecule has 3 nitrogen and oxygen atoms in total. The third-order valence-electron chi connectivity index (χ3n) is 4.04. The monoisotopic (exact) mass is 229 g/mol. The van der Waals surface area contributed by atoms with Crippen LogP contribution in [0.15, 0.2) is 30.7 Å². The van der Waals surface area contributed by atoms with Gasteiger partial charge in [0.15, 0.2) is 0 Å². The maximum atomic E-state index is 4.18. The SMILES string of the molecule is C=C1CC[C@H]2[C@H](c3ccncc3C)NCCN12. The van der Waals surface area contributed by atoms with Gasteiger partial charge in [0.1, 0.15) is 0 Å². The standard InChI is InChI=1S/C14H19N3/c1-10-9-15-6-5-12(10)14-13-4-3-11(2)17(13)8-7-16-14/h5-6,9,13-14,16H,2-4,7-8H2,1H3/t13-,14-/m0/s1. The van der Waals surface area contributed by atoms with Crippen molar-refractivity contribution in [3.05, 3.63) is 41.9 Å². The number of hydrogen-bond donors (Lipinski definition) is 1. The Balaban J connectivity index is 1.93. The molecule has 0 radical (unpaired) electrons. The molecule has 2 atom stereocenters. The van der Waals surface area contributed by atoms with E-state index in [4.69, 9.17) is 0 Å². The topological polar surface area (TPSA) is 28.2 Å². The molecule has 3 rings (SSSR count). The smallest absolute Gasteiger partial charge is 0.0531 e. The molecule has 0 unspecified atom stereocenters. The van der Waals surface area contributed by atoms with E-state index in [0.29, 0.717) is 12.1 Å². The third kappa shape index (κ3) is 1.75. The molecule has 1 N–H and O–H groups in total. The fraction of sp³-hybridized carbons (Fsp3) is 0.500. The number of fused-ring (bicyclic) bond motifs is 1. The molecule has 90 valence electrons. The maximum Gasteiger partial charge on any atom is 0.0531 e. The van der Waals surface area contributed by atoms with Crippen LogP contribution in [0.1, 0.15) is 30.0 Å². The molecule has 0 saturated carbocycles. The van der Waals surface area contributed by atoms with Crippen LogP contribution in [-0.4, -0.2) is 29.0 Å². The highest BCUT2D eigenvalue weighted by Gasteiger charge is 2.37. The van der Waals surface area contributed by atoms with Crippen molar-refractivity contribution in [1.82, 2.24) is 15.2 Å². The van der Waals surface area contributed by atoms with E-state index in [2.05, 4.69) is 34.8 Å². The molecule has 0 aromatic carbocycles. The zero-order valence-corrected chi connectivity index (χ0v) is 10.3. The van der Waals surface area contributed by atoms with Crippen LogP contribution in [0.3, 0.4) is 0 Å². The second kappa shape index (κ2) is 4.15. The molecule has 2 saturated heterocycles. The minimum Gasteiger partial charge on any atom is -0.369 e. The number of aryl methyl sites for hydroxylation is 1. The van der Waals surface area contributed by atoms with Gasteiger partial charge in [-0.25, -0.2) is 0 Å². The van der Waals surface area contributed by atoms with E-state index in [-0.39, 0.29) is 0 Å². The minimum absolute atomic E-state index is 0.436. The average Bonchev–Trinajstić information content (AvgIpc) is 2.72. The average molecular weight is 229 g/mol. The Bertz CT molecular complexity index is 441. The van der Waals surface area contributed by atoms with Crippen LogP contribution in [0.2, 0.25) is 0 Å². The van der Waals surface area contributed by atoms with Gasteiger partial charge in [-0.05, 0) is 37.0 Å². The van der Waals surface area contributed by atoms with Gasteiger partial charge in [0.05, 0.1) is 6.04 Å². The van der Waals surface area contributed by atoms with E-state index in [1.165, 1.54) is 23.2 Å². The van der Waals surface area contributed by atoms with E-state index >= 15 is 0 Å². The van der Waals surface area contributed by atoms with E-state index in [1.807, 2.05) is 12.4 Å². The van der Waals surface area contributed by atoms with Crippen molar-refractivity contribution >= 4 is 0 Å². The molecule has 0 aliphatic carbocycles. The summed E-state index contributed by atoms with van der Waals surface area (Å²) in [5.41, 5.74) is 3.99. The van der Waals surface area contributed by atoms with Crippen molar-refractivity contribution in [3.8, 4) is 0 Å². The fourth-order valence-electron chi connectivity index (χ4n) is 3.15. The first kappa shape index (κ1) is 10.8. The van der Waals surface area contributed by atoms with Gasteiger partial charge < -0.3 is 10.2 Å². The first-order chi connectivity index (χ1) is 8.27. The number of aromatic nitrogens is 1. The molecular formula is C14H19N3. The number of rotatable bonds is 1. The van der Waals surface area contributed by atoms with E-state index in [9.17, 15) is 0 Å². The van der Waals surface area contributed by atoms with Crippen LogP contribution in [0, 0.1) is 6.92 Å². The highest BCUT2D eigenvalue weighted by molar-refractivity contribution is 5.29. The quantitative estimate of drug-likeness (QED) is 0.798. The first-order valence-corrected chi connectivity index (χ1v) is 6.35. The number of nitrogens with one attached hydrogen (secondary N) is 1. The van der Waals surface area contributed by atoms with Gasteiger partial charge in [-0.1, -0.05) is 6.58 Å². The number of pyridine rings is 1. The number of nitrogens with zero attached hydrogens (tertiary/aromatic N) is 2. The lowest BCUT2D eigenvalue weighted by Crippen LogP contribution is -2.49. The molecule has 1 aromatic heterocycles. The van der Waals surface area contributed by atoms with Gasteiger partial charge in [0, 0.05) is 37.2 Å². The Morgan fingerprint density at radius 2 is 2.41 bits per heavy atom. The highest BCUT2D eigenvalue weighted by atomic mass is 15.3. The Kier molecular flexibility index (Phi) is 2.63. The summed E-state index contributed by atoms with van der Waals surface area (Å²) < 4.78 is 0. The molecule has 0 spiro atoms. The van der Waals surface area contributed by atoms with E-state index in [1.54, 1.807) is 0 Å². The zero-order chi connectivity index (χ0) is 11.8. The Labute approximate surface area is 103 Å². The lowest BCUT2D eigenvalue weighted by Gasteiger charge is -2.40. The summed E-state index contributed by atoms with van der Waals surface area (Å²) in [6, 6.07) is 3.17. The summed E-state index contributed by atoms with van der Waals surface area (Å²) in [5, 5.41) is 3.66. The third-order valence-corrected chi connectivity index (χ3v) is 4.04. The van der Waals surface area contributed by atoms with Crippen molar-refractivity contribution in [3.63, 3.8) is 0 Å². The summed E-state index contributed by atoms with van der Waals surface area (Å²) in [5.74, 6) is 0. The second-order valence-electron chi connectivity index (χ2n) is 5.03. The molecule has 3 heterocycles. The molecule has 2 aliphatic rings. The van der Waals surface area contributed by atoms with Gasteiger partial charge >= 0.3 is 0 Å². The van der Waals surface area contributed by atoms with Crippen molar-refractivity contribution in [2.75, 3.05) is 13.1 Å². The Morgan fingerprint density at radius 1 is 1.53 bits per heavy atom. The van der Waals surface area contributed by atoms with Crippen molar-refractivity contribution in [2.45, 2.75) is 31.8 Å². The molecule has 2 aliphatic heterocycles. The number of allylic oxidation sites excluding steroid dienone is 1. The highest BCUT2D eigenvalue weighted by Crippen LogP contribution is 2.36. The van der Waals surface area contributed by atoms with Crippen LogP contribution >= 0.6 is 0 Å². The van der Waals surface area contributed by atoms with Gasteiger partial charge in [-0.2, -0.15) is 0 Å². The summed E-state index contributed by atoms with van der Waals surface area (Å²) in [6.45, 7) is 8.47. The summed E-state index contributed by atoms with van der Waals surface area (Å²) in [7, 11) is 0. The van der Waals surface area contributed by atoms with Crippen molar-refractivity contribution < 1.29 is 0 Å². The molecule has 2 fully saturated rings. The van der Waals surface area contributed by atoms with Crippen LogP contribution in [0.25, 0.3) is 0 Å². The van der Waals surface area contributed by atoms with Gasteiger partial charge in [-0.3, -0.25) is 4.98 Å². The van der Waals surface area contributed by atoms with Gasteiger partial charge in [0.2, 0.25) is 0 Å². The molecule has 17 heavy (non-hydrogen) atoms. The summed E-state index contributed by atoms with van der Waals surface area (Å²) in [4.78, 5) is 6.67. The predicted molar refractivity (Wildman–Crippen MR) is 68.6 cm³/mol.